The van der Waals surface area contributed by atoms with Gasteiger partial charge in [0.25, 0.3) is 0 Å². The average Bonchev–Trinajstić information content (AvgIpc) is 2.27. The summed E-state index contributed by atoms with van der Waals surface area (Å²) < 4.78 is 25.4. The molecule has 0 saturated heterocycles. The van der Waals surface area contributed by atoms with Crippen molar-refractivity contribution in [1.82, 2.24) is 4.72 Å². The van der Waals surface area contributed by atoms with Gasteiger partial charge in [-0.1, -0.05) is 18.2 Å². The molecule has 0 spiro atoms. The number of rotatable bonds is 6. The maximum atomic E-state index is 11.5. The van der Waals surface area contributed by atoms with Crippen molar-refractivity contribution in [3.63, 3.8) is 0 Å². The Morgan fingerprint density at radius 2 is 1.94 bits per heavy atom. The van der Waals surface area contributed by atoms with E-state index in [4.69, 9.17) is 5.84 Å². The van der Waals surface area contributed by atoms with Gasteiger partial charge in [0.2, 0.25) is 10.0 Å². The van der Waals surface area contributed by atoms with Crippen molar-refractivity contribution in [2.24, 2.45) is 5.84 Å². The molecule has 88 valence electrons. The van der Waals surface area contributed by atoms with Gasteiger partial charge in [0.1, 0.15) is 0 Å². The largest absolute Gasteiger partial charge is 0.324 e. The van der Waals surface area contributed by atoms with Crippen LogP contribution in [0.5, 0.6) is 0 Å². The molecule has 1 aromatic carbocycles. The zero-order chi connectivity index (χ0) is 12.0. The molecule has 0 heterocycles. The van der Waals surface area contributed by atoms with Crippen LogP contribution in [0, 0.1) is 0 Å². The quantitative estimate of drug-likeness (QED) is 0.386. The second kappa shape index (κ2) is 5.64. The molecule has 0 unspecified atom stereocenters. The van der Waals surface area contributed by atoms with Gasteiger partial charge in [-0.05, 0) is 17.7 Å². The third-order valence-corrected chi connectivity index (χ3v) is 3.24. The van der Waals surface area contributed by atoms with Crippen molar-refractivity contribution >= 4 is 15.7 Å². The highest BCUT2D eigenvalue weighted by Gasteiger charge is 2.09. The molecule has 5 nitrogen and oxygen atoms in total. The highest BCUT2D eigenvalue weighted by Crippen LogP contribution is 2.10. The third-order valence-electron chi connectivity index (χ3n) is 1.92. The van der Waals surface area contributed by atoms with Crippen molar-refractivity contribution < 1.29 is 8.42 Å². The summed E-state index contributed by atoms with van der Waals surface area (Å²) in [6, 6.07) is 6.86. The highest BCUT2D eigenvalue weighted by molar-refractivity contribution is 7.88. The molecule has 6 heteroatoms. The maximum absolute atomic E-state index is 11.5. The summed E-state index contributed by atoms with van der Waals surface area (Å²) in [7, 11) is -3.29. The molecule has 16 heavy (non-hydrogen) atoms. The number of hydrogen-bond acceptors (Lipinski definition) is 4. The summed E-state index contributed by atoms with van der Waals surface area (Å²) >= 11 is 0. The SMILES string of the molecule is C=CCNS(=O)(=O)Cc1ccc(NN)cc1. The van der Waals surface area contributed by atoms with Gasteiger partial charge in [-0.2, -0.15) is 0 Å². The van der Waals surface area contributed by atoms with Crippen LogP contribution < -0.4 is 16.0 Å². The molecule has 0 aliphatic heterocycles. The normalized spacial score (nSPS) is 11.1. The Kier molecular flexibility index (Phi) is 4.48. The van der Waals surface area contributed by atoms with Crippen molar-refractivity contribution in [2.45, 2.75) is 5.75 Å². The van der Waals surface area contributed by atoms with Crippen molar-refractivity contribution in [2.75, 3.05) is 12.0 Å². The molecular formula is C10H15N3O2S. The van der Waals surface area contributed by atoms with Gasteiger partial charge in [-0.15, -0.1) is 6.58 Å². The highest BCUT2D eigenvalue weighted by atomic mass is 32.2. The van der Waals surface area contributed by atoms with Gasteiger partial charge in [-0.25, -0.2) is 13.1 Å². The van der Waals surface area contributed by atoms with Crippen molar-refractivity contribution in [3.8, 4) is 0 Å². The lowest BCUT2D eigenvalue weighted by atomic mass is 10.2. The number of nitrogens with one attached hydrogen (secondary N) is 2. The summed E-state index contributed by atoms with van der Waals surface area (Å²) in [5.74, 6) is 5.15. The van der Waals surface area contributed by atoms with E-state index in [2.05, 4.69) is 16.7 Å². The van der Waals surface area contributed by atoms with Gasteiger partial charge >= 0.3 is 0 Å². The van der Waals surface area contributed by atoms with Crippen LogP contribution in [-0.4, -0.2) is 15.0 Å². The van der Waals surface area contributed by atoms with Crippen LogP contribution in [-0.2, 0) is 15.8 Å². The number of hydrazine groups is 1. The van der Waals surface area contributed by atoms with Gasteiger partial charge in [0.05, 0.1) is 5.75 Å². The first kappa shape index (κ1) is 12.7. The third kappa shape index (κ3) is 4.01. The van der Waals surface area contributed by atoms with E-state index in [0.717, 1.165) is 5.69 Å². The predicted molar refractivity (Wildman–Crippen MR) is 65.1 cm³/mol. The number of anilines is 1. The first-order valence-corrected chi connectivity index (χ1v) is 6.36. The summed E-state index contributed by atoms with van der Waals surface area (Å²) in [5, 5.41) is 0. The predicted octanol–water partition coefficient (Wildman–Crippen LogP) is 0.578. The van der Waals surface area contributed by atoms with Gasteiger partial charge in [0, 0.05) is 12.2 Å². The van der Waals surface area contributed by atoms with Crippen LogP contribution >= 0.6 is 0 Å². The Balaban J connectivity index is 2.68. The van der Waals surface area contributed by atoms with Crippen LogP contribution in [0.3, 0.4) is 0 Å². The molecule has 0 saturated carbocycles. The Morgan fingerprint density at radius 1 is 1.31 bits per heavy atom. The van der Waals surface area contributed by atoms with Crippen LogP contribution in [0.4, 0.5) is 5.69 Å². The molecule has 0 radical (unpaired) electrons. The minimum Gasteiger partial charge on any atom is -0.324 e. The molecule has 0 aromatic heterocycles. The first-order valence-electron chi connectivity index (χ1n) is 4.71. The average molecular weight is 241 g/mol. The van der Waals surface area contributed by atoms with E-state index in [1.807, 2.05) is 0 Å². The van der Waals surface area contributed by atoms with Crippen LogP contribution in [0.15, 0.2) is 36.9 Å². The monoisotopic (exact) mass is 241 g/mol. The molecule has 0 fully saturated rings. The van der Waals surface area contributed by atoms with E-state index >= 15 is 0 Å². The number of sulfonamides is 1. The molecule has 0 bridgehead atoms. The van der Waals surface area contributed by atoms with E-state index in [9.17, 15) is 8.42 Å². The Morgan fingerprint density at radius 3 is 2.44 bits per heavy atom. The van der Waals surface area contributed by atoms with E-state index in [1.54, 1.807) is 24.3 Å². The second-order valence-corrected chi connectivity index (χ2v) is 5.04. The van der Waals surface area contributed by atoms with E-state index in [0.29, 0.717) is 5.56 Å². The number of hydrogen-bond donors (Lipinski definition) is 3. The lowest BCUT2D eigenvalue weighted by Crippen LogP contribution is -2.25. The lowest BCUT2D eigenvalue weighted by Gasteiger charge is -2.05. The summed E-state index contributed by atoms with van der Waals surface area (Å²) in [5.41, 5.74) is 3.91. The number of benzene rings is 1. The van der Waals surface area contributed by atoms with Crippen molar-refractivity contribution in [3.05, 3.63) is 42.5 Å². The standard InChI is InChI=1S/C10H15N3O2S/c1-2-7-12-16(14,15)8-9-3-5-10(13-11)6-4-9/h2-6,12-13H,1,7-8,11H2. The molecule has 0 atom stereocenters. The molecule has 1 rings (SSSR count). The minimum atomic E-state index is -3.29. The summed E-state index contributed by atoms with van der Waals surface area (Å²) in [6.45, 7) is 3.69. The topological polar surface area (TPSA) is 84.2 Å². The second-order valence-electron chi connectivity index (χ2n) is 3.24. The maximum Gasteiger partial charge on any atom is 0.216 e. The first-order chi connectivity index (χ1) is 7.57. The lowest BCUT2D eigenvalue weighted by molar-refractivity contribution is 0.585. The van der Waals surface area contributed by atoms with Gasteiger partial charge in [0.15, 0.2) is 0 Å². The Hall–Kier alpha value is -1.37. The molecule has 0 aliphatic carbocycles. The molecule has 1 aromatic rings. The Labute approximate surface area is 95.4 Å². The fraction of sp³-hybridized carbons (Fsp3) is 0.200. The van der Waals surface area contributed by atoms with Crippen molar-refractivity contribution in [1.29, 1.82) is 0 Å². The minimum absolute atomic E-state index is 0.0499. The van der Waals surface area contributed by atoms with E-state index in [1.165, 1.54) is 6.08 Å². The Bertz CT molecular complexity index is 440. The fourth-order valence-corrected chi connectivity index (χ4v) is 2.26. The van der Waals surface area contributed by atoms with Crippen LogP contribution in [0.1, 0.15) is 5.56 Å². The summed E-state index contributed by atoms with van der Waals surface area (Å²) in [6.07, 6.45) is 1.50. The van der Waals surface area contributed by atoms with Crippen LogP contribution in [0.2, 0.25) is 0 Å². The zero-order valence-corrected chi connectivity index (χ0v) is 9.63. The number of nitrogens with two attached hydrogens (primary N) is 1. The molecule has 0 amide bonds. The van der Waals surface area contributed by atoms with E-state index in [-0.39, 0.29) is 12.3 Å². The molecular weight excluding hydrogens is 226 g/mol. The van der Waals surface area contributed by atoms with Gasteiger partial charge in [-0.3, -0.25) is 5.84 Å². The fourth-order valence-electron chi connectivity index (χ4n) is 1.15. The van der Waals surface area contributed by atoms with Crippen LogP contribution in [0.25, 0.3) is 0 Å². The smallest absolute Gasteiger partial charge is 0.216 e. The summed E-state index contributed by atoms with van der Waals surface area (Å²) in [4.78, 5) is 0. The van der Waals surface area contributed by atoms with E-state index < -0.39 is 10.0 Å². The van der Waals surface area contributed by atoms with Gasteiger partial charge < -0.3 is 5.43 Å². The molecule has 0 aliphatic rings. The molecule has 4 N–H and O–H groups in total. The number of nitrogen functional groups attached to an aromatic ring is 1. The zero-order valence-electron chi connectivity index (χ0n) is 8.81.